The first-order valence-corrected chi connectivity index (χ1v) is 20.6. The summed E-state index contributed by atoms with van der Waals surface area (Å²) in [6.07, 6.45) is -1.42. The lowest BCUT2D eigenvalue weighted by Gasteiger charge is -2.35. The van der Waals surface area contributed by atoms with Gasteiger partial charge in [-0.3, -0.25) is 0 Å². The molecule has 320 valence electrons. The molecule has 0 aliphatic carbocycles. The summed E-state index contributed by atoms with van der Waals surface area (Å²) in [5, 5.41) is 0. The molecule has 0 saturated heterocycles. The lowest BCUT2D eigenvalue weighted by atomic mass is 9.93. The van der Waals surface area contributed by atoms with Gasteiger partial charge in [0.15, 0.2) is 29.1 Å². The standard InChI is InChI=1S/C53H48O10/c1-55-48-27-41(28-49(56-2)52(48)57-3)53(54)63-50-31-43-45(60-34-38-20-12-6-13-21-38)29-42(58-32-36-16-8-4-9-17-36)30-46(43)62-51(50)40-24-25-44(59-33-37-18-10-5-11-19-37)47(26-40)61-35-39-22-14-7-15-23-39/h4-30,50-51H,31-35H2,1-3H3/t50-,51-/m1/s1. The van der Waals surface area contributed by atoms with Crippen LogP contribution in [0.3, 0.4) is 0 Å². The highest BCUT2D eigenvalue weighted by Gasteiger charge is 2.38. The highest BCUT2D eigenvalue weighted by Crippen LogP contribution is 2.46. The maximum Gasteiger partial charge on any atom is 0.338 e. The second-order valence-corrected chi connectivity index (χ2v) is 14.8. The van der Waals surface area contributed by atoms with Crippen molar-refractivity contribution < 1.29 is 47.4 Å². The van der Waals surface area contributed by atoms with E-state index in [-0.39, 0.29) is 12.0 Å². The van der Waals surface area contributed by atoms with Crippen LogP contribution in [0.15, 0.2) is 164 Å². The average molecular weight is 845 g/mol. The molecular formula is C53H48O10. The fraction of sp³-hybridized carbons (Fsp3) is 0.189. The number of benzene rings is 7. The van der Waals surface area contributed by atoms with Crippen molar-refractivity contribution in [3.8, 4) is 46.0 Å². The van der Waals surface area contributed by atoms with Crippen molar-refractivity contribution in [1.29, 1.82) is 0 Å². The zero-order valence-electron chi connectivity index (χ0n) is 35.4. The van der Waals surface area contributed by atoms with Gasteiger partial charge in [-0.2, -0.15) is 0 Å². The predicted molar refractivity (Wildman–Crippen MR) is 238 cm³/mol. The summed E-state index contributed by atoms with van der Waals surface area (Å²) in [7, 11) is 4.49. The molecule has 1 aliphatic heterocycles. The van der Waals surface area contributed by atoms with Gasteiger partial charge in [0.1, 0.15) is 49.8 Å². The minimum atomic E-state index is -0.850. The van der Waals surface area contributed by atoms with Gasteiger partial charge in [0.05, 0.1) is 26.9 Å². The van der Waals surface area contributed by atoms with E-state index in [2.05, 4.69) is 0 Å². The number of ether oxygens (including phenoxy) is 9. The minimum Gasteiger partial charge on any atom is -0.493 e. The largest absolute Gasteiger partial charge is 0.493 e. The number of hydrogen-bond acceptors (Lipinski definition) is 10. The molecule has 63 heavy (non-hydrogen) atoms. The van der Waals surface area contributed by atoms with E-state index >= 15 is 0 Å². The van der Waals surface area contributed by atoms with E-state index < -0.39 is 18.2 Å². The van der Waals surface area contributed by atoms with Crippen LogP contribution in [0, 0.1) is 0 Å². The Hall–Kier alpha value is -7.59. The first kappa shape index (κ1) is 42.1. The maximum absolute atomic E-state index is 14.3. The van der Waals surface area contributed by atoms with Crippen molar-refractivity contribution in [2.24, 2.45) is 0 Å². The molecule has 8 rings (SSSR count). The third-order valence-electron chi connectivity index (χ3n) is 10.6. The van der Waals surface area contributed by atoms with Crippen LogP contribution >= 0.6 is 0 Å². The fourth-order valence-corrected chi connectivity index (χ4v) is 7.31. The first-order valence-electron chi connectivity index (χ1n) is 20.6. The third kappa shape index (κ3) is 10.5. The molecule has 0 bridgehead atoms. The normalized spacial score (nSPS) is 14.0. The Morgan fingerprint density at radius 3 is 1.51 bits per heavy atom. The number of methoxy groups -OCH3 is 3. The smallest absolute Gasteiger partial charge is 0.338 e. The van der Waals surface area contributed by atoms with Gasteiger partial charge < -0.3 is 42.6 Å². The molecule has 10 nitrogen and oxygen atoms in total. The average Bonchev–Trinajstić information content (AvgIpc) is 3.34. The minimum absolute atomic E-state index is 0.204. The number of esters is 1. The Kier molecular flexibility index (Phi) is 13.6. The van der Waals surface area contributed by atoms with Gasteiger partial charge in [-0.05, 0) is 46.5 Å². The molecule has 0 fully saturated rings. The zero-order chi connectivity index (χ0) is 43.4. The molecule has 0 amide bonds. The molecule has 0 aromatic heterocycles. The summed E-state index contributed by atoms with van der Waals surface area (Å²) in [5.41, 5.74) is 5.62. The summed E-state index contributed by atoms with van der Waals surface area (Å²) in [6.45, 7) is 1.26. The molecule has 1 aliphatic rings. The van der Waals surface area contributed by atoms with Crippen molar-refractivity contribution in [3.63, 3.8) is 0 Å². The van der Waals surface area contributed by atoms with Crippen molar-refractivity contribution >= 4 is 5.97 Å². The predicted octanol–water partition coefficient (Wildman–Crippen LogP) is 10.9. The molecule has 7 aromatic carbocycles. The van der Waals surface area contributed by atoms with Gasteiger partial charge in [0.2, 0.25) is 5.75 Å². The van der Waals surface area contributed by atoms with Crippen molar-refractivity contribution in [2.75, 3.05) is 21.3 Å². The van der Waals surface area contributed by atoms with Crippen molar-refractivity contribution in [1.82, 2.24) is 0 Å². The quantitative estimate of drug-likeness (QED) is 0.0776. The van der Waals surface area contributed by atoms with Crippen LogP contribution in [-0.2, 0) is 37.6 Å². The molecule has 0 radical (unpaired) electrons. The summed E-state index contributed by atoms with van der Waals surface area (Å²) in [5.74, 6) is 3.06. The highest BCUT2D eigenvalue weighted by molar-refractivity contribution is 5.91. The SMILES string of the molecule is COc1cc(C(=O)O[C@@H]2Cc3c(OCc4ccccc4)cc(OCc4ccccc4)cc3O[C@@H]2c2ccc(OCc3ccccc3)c(OCc3ccccc3)c2)cc(OC)c1OC. The number of fused-ring (bicyclic) bond motifs is 1. The van der Waals surface area contributed by atoms with Crippen LogP contribution in [0.2, 0.25) is 0 Å². The van der Waals surface area contributed by atoms with Gasteiger partial charge in [-0.1, -0.05) is 127 Å². The molecule has 0 saturated carbocycles. The molecule has 7 aromatic rings. The topological polar surface area (TPSA) is 100 Å². The van der Waals surface area contributed by atoms with Crippen LogP contribution in [0.4, 0.5) is 0 Å². The van der Waals surface area contributed by atoms with Gasteiger partial charge in [0.25, 0.3) is 0 Å². The molecule has 0 spiro atoms. The Morgan fingerprint density at radius 1 is 0.508 bits per heavy atom. The van der Waals surface area contributed by atoms with Crippen LogP contribution in [0.1, 0.15) is 49.8 Å². The lowest BCUT2D eigenvalue weighted by Crippen LogP contribution is -2.35. The van der Waals surface area contributed by atoms with E-state index in [1.165, 1.54) is 21.3 Å². The van der Waals surface area contributed by atoms with Gasteiger partial charge >= 0.3 is 5.97 Å². The van der Waals surface area contributed by atoms with Crippen molar-refractivity contribution in [2.45, 2.75) is 45.1 Å². The lowest BCUT2D eigenvalue weighted by molar-refractivity contribution is -0.0190. The second kappa shape index (κ2) is 20.3. The fourth-order valence-electron chi connectivity index (χ4n) is 7.31. The Balaban J connectivity index is 1.18. The number of hydrogen-bond donors (Lipinski definition) is 0. The number of carbonyl (C=O) groups is 1. The summed E-state index contributed by atoms with van der Waals surface area (Å²) >= 11 is 0. The van der Waals surface area contributed by atoms with Gasteiger partial charge in [-0.15, -0.1) is 0 Å². The molecule has 2 atom stereocenters. The van der Waals surface area contributed by atoms with Crippen LogP contribution < -0.4 is 37.9 Å². The number of carbonyl (C=O) groups excluding carboxylic acids is 1. The third-order valence-corrected chi connectivity index (χ3v) is 10.6. The van der Waals surface area contributed by atoms with E-state index in [9.17, 15) is 4.79 Å². The Labute approximate surface area is 367 Å². The number of rotatable bonds is 18. The molecule has 0 unspecified atom stereocenters. The van der Waals surface area contributed by atoms with Gasteiger partial charge in [-0.25, -0.2) is 4.79 Å². The first-order chi connectivity index (χ1) is 31.0. The maximum atomic E-state index is 14.3. The van der Waals surface area contributed by atoms with E-state index in [0.29, 0.717) is 78.0 Å². The second-order valence-electron chi connectivity index (χ2n) is 14.8. The molecular weight excluding hydrogens is 797 g/mol. The summed E-state index contributed by atoms with van der Waals surface area (Å²) in [6, 6.07) is 52.2. The summed E-state index contributed by atoms with van der Waals surface area (Å²) < 4.78 is 55.8. The Morgan fingerprint density at radius 2 is 1.00 bits per heavy atom. The van der Waals surface area contributed by atoms with E-state index in [1.54, 1.807) is 12.1 Å². The molecule has 0 N–H and O–H groups in total. The van der Waals surface area contributed by atoms with Crippen LogP contribution in [-0.4, -0.2) is 33.4 Å². The zero-order valence-corrected chi connectivity index (χ0v) is 35.4. The Bertz CT molecular complexity index is 2560. The molecule has 10 heteroatoms. The van der Waals surface area contributed by atoms with Crippen LogP contribution in [0.5, 0.6) is 46.0 Å². The molecule has 1 heterocycles. The van der Waals surface area contributed by atoms with Crippen molar-refractivity contribution in [3.05, 3.63) is 203 Å². The van der Waals surface area contributed by atoms with Crippen LogP contribution in [0.25, 0.3) is 0 Å². The monoisotopic (exact) mass is 844 g/mol. The van der Waals surface area contributed by atoms with E-state index in [4.69, 9.17) is 42.6 Å². The van der Waals surface area contributed by atoms with E-state index in [0.717, 1.165) is 27.8 Å². The van der Waals surface area contributed by atoms with E-state index in [1.807, 2.05) is 152 Å². The highest BCUT2D eigenvalue weighted by atomic mass is 16.6. The van der Waals surface area contributed by atoms with Gasteiger partial charge in [0, 0.05) is 29.7 Å². The summed E-state index contributed by atoms with van der Waals surface area (Å²) in [4.78, 5) is 14.3.